The Bertz CT molecular complexity index is 1600. The average molecular weight is 495 g/mol. The molecule has 0 saturated carbocycles. The van der Waals surface area contributed by atoms with Gasteiger partial charge in [-0.15, -0.1) is 0 Å². The smallest absolute Gasteiger partial charge is 0.280 e. The van der Waals surface area contributed by atoms with Gasteiger partial charge in [-0.2, -0.15) is 18.3 Å². The van der Waals surface area contributed by atoms with E-state index in [-0.39, 0.29) is 10.6 Å². The van der Waals surface area contributed by atoms with Crippen LogP contribution in [0.5, 0.6) is 0 Å². The molecule has 0 amide bonds. The highest BCUT2D eigenvalue weighted by Gasteiger charge is 2.30. The standard InChI is InChI=1S/C24H16F3N5O2S/c25-24(26,27)18-3-7-20(8-4-18)35(33,34)31-19-5-1-16(2-6-19)21-9-10-23-29-15-22(32(23)30-21)17-11-13-28-14-12-17/h1-15,31H. The number of rotatable bonds is 5. The predicted octanol–water partition coefficient (Wildman–Crippen LogP) is 5.28. The van der Waals surface area contributed by atoms with E-state index in [1.54, 1.807) is 53.4 Å². The summed E-state index contributed by atoms with van der Waals surface area (Å²) in [6, 6.07) is 17.2. The fraction of sp³-hybridized carbons (Fsp3) is 0.0417. The van der Waals surface area contributed by atoms with Crippen LogP contribution in [0.2, 0.25) is 0 Å². The summed E-state index contributed by atoms with van der Waals surface area (Å²) in [5.74, 6) is 0. The number of hydrogen-bond donors (Lipinski definition) is 1. The lowest BCUT2D eigenvalue weighted by atomic mass is 10.1. The van der Waals surface area contributed by atoms with Crippen molar-refractivity contribution >= 4 is 21.4 Å². The minimum Gasteiger partial charge on any atom is -0.280 e. The van der Waals surface area contributed by atoms with Crippen LogP contribution in [0.4, 0.5) is 18.9 Å². The third-order valence-corrected chi connectivity index (χ3v) is 6.66. The third-order valence-electron chi connectivity index (χ3n) is 5.26. The lowest BCUT2D eigenvalue weighted by Gasteiger charge is -2.11. The van der Waals surface area contributed by atoms with E-state index in [0.29, 0.717) is 11.3 Å². The molecule has 2 aromatic carbocycles. The van der Waals surface area contributed by atoms with Crippen LogP contribution in [0.15, 0.2) is 96.3 Å². The quantitative estimate of drug-likeness (QED) is 0.359. The van der Waals surface area contributed by atoms with Gasteiger partial charge in [0.1, 0.15) is 0 Å². The molecule has 5 aromatic rings. The van der Waals surface area contributed by atoms with Gasteiger partial charge in [-0.25, -0.2) is 17.9 Å². The number of hydrogen-bond acceptors (Lipinski definition) is 5. The van der Waals surface area contributed by atoms with E-state index in [4.69, 9.17) is 0 Å². The van der Waals surface area contributed by atoms with Crippen LogP contribution in [0.3, 0.4) is 0 Å². The molecule has 3 aromatic heterocycles. The summed E-state index contributed by atoms with van der Waals surface area (Å²) in [4.78, 5) is 8.12. The molecule has 11 heteroatoms. The number of halogens is 3. The summed E-state index contributed by atoms with van der Waals surface area (Å²) >= 11 is 0. The van der Waals surface area contributed by atoms with Gasteiger partial charge in [0.05, 0.1) is 28.0 Å². The highest BCUT2D eigenvalue weighted by Crippen LogP contribution is 2.30. The molecule has 1 N–H and O–H groups in total. The van der Waals surface area contributed by atoms with Crippen molar-refractivity contribution in [1.29, 1.82) is 0 Å². The number of nitrogens with zero attached hydrogens (tertiary/aromatic N) is 4. The Balaban J connectivity index is 1.39. The van der Waals surface area contributed by atoms with Crippen molar-refractivity contribution in [3.63, 3.8) is 0 Å². The first-order chi connectivity index (χ1) is 16.7. The maximum atomic E-state index is 12.7. The van der Waals surface area contributed by atoms with Crippen LogP contribution in [-0.2, 0) is 16.2 Å². The first-order valence-electron chi connectivity index (χ1n) is 10.3. The SMILES string of the molecule is O=S(=O)(Nc1ccc(-c2ccc3ncc(-c4ccncc4)n3n2)cc1)c1ccc(C(F)(F)F)cc1. The Morgan fingerprint density at radius 2 is 1.49 bits per heavy atom. The molecule has 0 bridgehead atoms. The number of imidazole rings is 1. The topological polar surface area (TPSA) is 89.2 Å². The second-order valence-corrected chi connectivity index (χ2v) is 9.26. The first-order valence-corrected chi connectivity index (χ1v) is 11.7. The van der Waals surface area contributed by atoms with E-state index in [9.17, 15) is 21.6 Å². The molecule has 3 heterocycles. The fourth-order valence-electron chi connectivity index (χ4n) is 3.49. The van der Waals surface area contributed by atoms with Crippen molar-refractivity contribution in [2.75, 3.05) is 4.72 Å². The van der Waals surface area contributed by atoms with Crippen LogP contribution in [0.25, 0.3) is 28.2 Å². The highest BCUT2D eigenvalue weighted by atomic mass is 32.2. The van der Waals surface area contributed by atoms with Gasteiger partial charge in [0.15, 0.2) is 5.65 Å². The monoisotopic (exact) mass is 495 g/mol. The largest absolute Gasteiger partial charge is 0.416 e. The molecule has 0 aliphatic rings. The molecule has 0 unspecified atom stereocenters. The predicted molar refractivity (Wildman–Crippen MR) is 124 cm³/mol. The Morgan fingerprint density at radius 1 is 0.800 bits per heavy atom. The molecule has 0 saturated heterocycles. The normalized spacial score (nSPS) is 12.1. The van der Waals surface area contributed by atoms with Crippen LogP contribution >= 0.6 is 0 Å². The molecule has 176 valence electrons. The summed E-state index contributed by atoms with van der Waals surface area (Å²) in [5.41, 5.74) is 3.09. The Morgan fingerprint density at radius 3 is 2.14 bits per heavy atom. The Hall–Kier alpha value is -4.25. The van der Waals surface area contributed by atoms with Crippen molar-refractivity contribution in [2.45, 2.75) is 11.1 Å². The van der Waals surface area contributed by atoms with Crippen LogP contribution < -0.4 is 4.72 Å². The second kappa shape index (κ2) is 8.51. The zero-order valence-electron chi connectivity index (χ0n) is 17.8. The number of nitrogens with one attached hydrogen (secondary N) is 1. The van der Waals surface area contributed by atoms with Crippen molar-refractivity contribution in [1.82, 2.24) is 19.6 Å². The molecule has 35 heavy (non-hydrogen) atoms. The van der Waals surface area contributed by atoms with Gasteiger partial charge < -0.3 is 0 Å². The number of alkyl halides is 3. The van der Waals surface area contributed by atoms with E-state index in [0.717, 1.165) is 41.1 Å². The number of pyridine rings is 1. The van der Waals surface area contributed by atoms with Crippen LogP contribution in [0.1, 0.15) is 5.56 Å². The molecule has 0 fully saturated rings. The zero-order chi connectivity index (χ0) is 24.6. The number of anilines is 1. The number of benzene rings is 2. The molecule has 0 radical (unpaired) electrons. The minimum atomic E-state index is -4.54. The summed E-state index contributed by atoms with van der Waals surface area (Å²) < 4.78 is 67.5. The zero-order valence-corrected chi connectivity index (χ0v) is 18.6. The molecule has 0 aliphatic heterocycles. The summed E-state index contributed by atoms with van der Waals surface area (Å²) in [5, 5.41) is 4.66. The Labute approximate surface area is 198 Å². The van der Waals surface area contributed by atoms with Gasteiger partial charge in [0.2, 0.25) is 0 Å². The van der Waals surface area contributed by atoms with Crippen molar-refractivity contribution < 1.29 is 21.6 Å². The molecule has 7 nitrogen and oxygen atoms in total. The van der Waals surface area contributed by atoms with Gasteiger partial charge in [-0.3, -0.25) is 9.71 Å². The van der Waals surface area contributed by atoms with E-state index in [1.165, 1.54) is 0 Å². The maximum Gasteiger partial charge on any atom is 0.416 e. The lowest BCUT2D eigenvalue weighted by Crippen LogP contribution is -2.13. The molecular formula is C24H16F3N5O2S. The molecule has 0 spiro atoms. The van der Waals surface area contributed by atoms with Gasteiger partial charge >= 0.3 is 6.18 Å². The van der Waals surface area contributed by atoms with Crippen LogP contribution in [0, 0.1) is 0 Å². The van der Waals surface area contributed by atoms with Gasteiger partial charge in [0.25, 0.3) is 10.0 Å². The molecule has 0 aliphatic carbocycles. The fourth-order valence-corrected chi connectivity index (χ4v) is 4.55. The van der Waals surface area contributed by atoms with Gasteiger partial charge in [-0.05, 0) is 60.7 Å². The van der Waals surface area contributed by atoms with Crippen LogP contribution in [-0.4, -0.2) is 28.0 Å². The van der Waals surface area contributed by atoms with E-state index in [2.05, 4.69) is 19.8 Å². The second-order valence-electron chi connectivity index (χ2n) is 7.57. The minimum absolute atomic E-state index is 0.259. The number of sulfonamides is 1. The summed E-state index contributed by atoms with van der Waals surface area (Å²) in [7, 11) is -4.06. The van der Waals surface area contributed by atoms with Crippen molar-refractivity contribution in [2.24, 2.45) is 0 Å². The molecule has 5 rings (SSSR count). The van der Waals surface area contributed by atoms with E-state index in [1.807, 2.05) is 18.2 Å². The molecule has 0 atom stereocenters. The van der Waals surface area contributed by atoms with E-state index < -0.39 is 21.8 Å². The van der Waals surface area contributed by atoms with E-state index >= 15 is 0 Å². The van der Waals surface area contributed by atoms with Gasteiger partial charge in [-0.1, -0.05) is 12.1 Å². The van der Waals surface area contributed by atoms with Crippen molar-refractivity contribution in [3.05, 3.63) is 97.0 Å². The first kappa shape index (κ1) is 22.5. The van der Waals surface area contributed by atoms with Crippen molar-refractivity contribution in [3.8, 4) is 22.5 Å². The summed E-state index contributed by atoms with van der Waals surface area (Å²) in [6.07, 6.45) is 0.547. The Kier molecular flexibility index (Phi) is 5.48. The number of aromatic nitrogens is 4. The third kappa shape index (κ3) is 4.58. The molecular weight excluding hydrogens is 479 g/mol. The average Bonchev–Trinajstić information content (AvgIpc) is 3.28. The van der Waals surface area contributed by atoms with Gasteiger partial charge in [0, 0.05) is 29.2 Å². The number of fused-ring (bicyclic) bond motifs is 1. The maximum absolute atomic E-state index is 12.7. The lowest BCUT2D eigenvalue weighted by molar-refractivity contribution is -0.137. The highest BCUT2D eigenvalue weighted by molar-refractivity contribution is 7.92. The summed E-state index contributed by atoms with van der Waals surface area (Å²) in [6.45, 7) is 0.